The van der Waals surface area contributed by atoms with E-state index in [1.54, 1.807) is 17.3 Å². The number of carbonyl (C=O) groups excluding carboxylic acids is 1. The number of ketones is 1. The van der Waals surface area contributed by atoms with E-state index in [1.165, 1.54) is 0 Å². The molecule has 0 atom stereocenters. The van der Waals surface area contributed by atoms with Crippen molar-refractivity contribution < 1.29 is 9.21 Å². The molecule has 0 N–H and O–H groups in total. The molecule has 1 aliphatic rings. The number of fused-ring (bicyclic) bond motifs is 1. The van der Waals surface area contributed by atoms with Crippen LogP contribution in [-0.4, -0.2) is 65.1 Å². The predicted molar refractivity (Wildman–Crippen MR) is 106 cm³/mol. The van der Waals surface area contributed by atoms with Gasteiger partial charge in [-0.15, -0.1) is 5.10 Å². The molecule has 3 aromatic rings. The third kappa shape index (κ3) is 3.87. The highest BCUT2D eigenvalue weighted by Gasteiger charge is 2.23. The highest BCUT2D eigenvalue weighted by molar-refractivity contribution is 5.86. The first-order valence-electron chi connectivity index (χ1n) is 9.47. The second-order valence-corrected chi connectivity index (χ2v) is 7.60. The molecule has 8 nitrogen and oxygen atoms in total. The number of pyridine rings is 2. The Hall–Kier alpha value is -2.87. The van der Waals surface area contributed by atoms with Crippen LogP contribution < -0.4 is 4.90 Å². The van der Waals surface area contributed by atoms with Crippen molar-refractivity contribution in [2.45, 2.75) is 19.3 Å². The van der Waals surface area contributed by atoms with E-state index in [4.69, 9.17) is 4.42 Å². The number of anilines is 1. The SMILES string of the molecule is CN1CCC(C(=O)Cc2cc3cc(-c4nnc(N(C)C)o4)cnc3cn2)CC1. The number of carbonyl (C=O) groups is 1. The summed E-state index contributed by atoms with van der Waals surface area (Å²) in [5, 5.41) is 8.99. The minimum Gasteiger partial charge on any atom is -0.403 e. The zero-order valence-electron chi connectivity index (χ0n) is 16.4. The molecular weight excluding hydrogens is 356 g/mol. The van der Waals surface area contributed by atoms with Gasteiger partial charge in [0.25, 0.3) is 5.89 Å². The zero-order valence-corrected chi connectivity index (χ0v) is 16.4. The molecule has 0 aliphatic carbocycles. The average molecular weight is 380 g/mol. The molecule has 0 aromatic carbocycles. The first-order chi connectivity index (χ1) is 13.5. The van der Waals surface area contributed by atoms with E-state index in [1.807, 2.05) is 26.2 Å². The van der Waals surface area contributed by atoms with Gasteiger partial charge in [-0.3, -0.25) is 14.8 Å². The number of hydrogen-bond acceptors (Lipinski definition) is 8. The van der Waals surface area contributed by atoms with Gasteiger partial charge in [-0.05, 0) is 45.1 Å². The first kappa shape index (κ1) is 18.5. The van der Waals surface area contributed by atoms with E-state index in [0.717, 1.165) is 48.1 Å². The van der Waals surface area contributed by atoms with Crippen molar-refractivity contribution in [3.05, 3.63) is 30.2 Å². The van der Waals surface area contributed by atoms with Crippen LogP contribution in [0, 0.1) is 5.92 Å². The molecule has 146 valence electrons. The van der Waals surface area contributed by atoms with Crippen LogP contribution in [0.3, 0.4) is 0 Å². The van der Waals surface area contributed by atoms with Crippen molar-refractivity contribution in [1.82, 2.24) is 25.1 Å². The van der Waals surface area contributed by atoms with Crippen molar-refractivity contribution in [3.63, 3.8) is 0 Å². The smallest absolute Gasteiger partial charge is 0.317 e. The molecule has 1 saturated heterocycles. The number of likely N-dealkylation sites (tertiary alicyclic amines) is 1. The number of piperidine rings is 1. The van der Waals surface area contributed by atoms with Gasteiger partial charge in [0.15, 0.2) is 0 Å². The van der Waals surface area contributed by atoms with Gasteiger partial charge >= 0.3 is 6.01 Å². The summed E-state index contributed by atoms with van der Waals surface area (Å²) in [5.41, 5.74) is 2.29. The van der Waals surface area contributed by atoms with E-state index >= 15 is 0 Å². The van der Waals surface area contributed by atoms with Gasteiger partial charge in [-0.2, -0.15) is 0 Å². The molecular formula is C20H24N6O2. The maximum atomic E-state index is 12.7. The van der Waals surface area contributed by atoms with Gasteiger partial charge in [0.05, 0.1) is 17.3 Å². The van der Waals surface area contributed by atoms with Crippen LogP contribution in [0.15, 0.2) is 28.9 Å². The molecule has 4 heterocycles. The van der Waals surface area contributed by atoms with Gasteiger partial charge in [0.1, 0.15) is 5.78 Å². The zero-order chi connectivity index (χ0) is 19.7. The summed E-state index contributed by atoms with van der Waals surface area (Å²) < 4.78 is 5.65. The Labute approximate surface area is 163 Å². The van der Waals surface area contributed by atoms with E-state index in [9.17, 15) is 4.79 Å². The fraction of sp³-hybridized carbons (Fsp3) is 0.450. The molecule has 0 unspecified atom stereocenters. The first-order valence-corrected chi connectivity index (χ1v) is 9.47. The van der Waals surface area contributed by atoms with Crippen molar-refractivity contribution in [2.24, 2.45) is 5.92 Å². The Bertz CT molecular complexity index is 991. The van der Waals surface area contributed by atoms with Gasteiger partial charge in [0.2, 0.25) is 0 Å². The fourth-order valence-electron chi connectivity index (χ4n) is 3.46. The highest BCUT2D eigenvalue weighted by atomic mass is 16.4. The highest BCUT2D eigenvalue weighted by Crippen LogP contribution is 2.24. The summed E-state index contributed by atoms with van der Waals surface area (Å²) in [6.45, 7) is 1.96. The summed E-state index contributed by atoms with van der Waals surface area (Å²) >= 11 is 0. The van der Waals surface area contributed by atoms with Gasteiger partial charge in [-0.1, -0.05) is 5.10 Å². The number of aromatic nitrogens is 4. The largest absolute Gasteiger partial charge is 0.403 e. The van der Waals surface area contributed by atoms with E-state index in [-0.39, 0.29) is 11.7 Å². The van der Waals surface area contributed by atoms with E-state index in [2.05, 4.69) is 32.1 Å². The summed E-state index contributed by atoms with van der Waals surface area (Å²) in [6.07, 6.45) is 5.63. The van der Waals surface area contributed by atoms with E-state index in [0.29, 0.717) is 18.3 Å². The lowest BCUT2D eigenvalue weighted by Gasteiger charge is -2.27. The minimum atomic E-state index is 0.140. The minimum absolute atomic E-state index is 0.140. The number of hydrogen-bond donors (Lipinski definition) is 0. The molecule has 4 rings (SSSR count). The van der Waals surface area contributed by atoms with Gasteiger partial charge < -0.3 is 14.2 Å². The standard InChI is InChI=1S/C20H24N6O2/c1-25(2)20-24-23-19(28-20)15-8-14-9-16(21-12-17(14)22-11-15)10-18(27)13-4-6-26(3)7-5-13/h8-9,11-13H,4-7,10H2,1-3H3. The molecule has 1 fully saturated rings. The van der Waals surface area contributed by atoms with Crippen LogP contribution in [-0.2, 0) is 11.2 Å². The van der Waals surface area contributed by atoms with Crippen LogP contribution >= 0.6 is 0 Å². The van der Waals surface area contributed by atoms with Crippen LogP contribution in [0.2, 0.25) is 0 Å². The van der Waals surface area contributed by atoms with Crippen LogP contribution in [0.4, 0.5) is 6.01 Å². The molecule has 0 spiro atoms. The second-order valence-electron chi connectivity index (χ2n) is 7.60. The number of rotatable bonds is 5. The fourth-order valence-corrected chi connectivity index (χ4v) is 3.46. The summed E-state index contributed by atoms with van der Waals surface area (Å²) in [6, 6.07) is 4.32. The third-order valence-electron chi connectivity index (χ3n) is 5.20. The Morgan fingerprint density at radius 2 is 1.96 bits per heavy atom. The Morgan fingerprint density at radius 1 is 1.18 bits per heavy atom. The lowest BCUT2D eigenvalue weighted by molar-refractivity contribution is -0.123. The van der Waals surface area contributed by atoms with Crippen molar-refractivity contribution in [3.8, 4) is 11.5 Å². The molecule has 0 saturated carbocycles. The molecule has 0 bridgehead atoms. The maximum absolute atomic E-state index is 12.7. The lowest BCUT2D eigenvalue weighted by atomic mass is 9.90. The van der Waals surface area contributed by atoms with Gasteiger partial charge in [-0.25, -0.2) is 0 Å². The Balaban J connectivity index is 1.54. The average Bonchev–Trinajstić information content (AvgIpc) is 3.18. The quantitative estimate of drug-likeness (QED) is 0.666. The normalized spacial score (nSPS) is 15.8. The second kappa shape index (κ2) is 7.63. The van der Waals surface area contributed by atoms with Gasteiger partial charge in [0, 0.05) is 43.7 Å². The predicted octanol–water partition coefficient (Wildman–Crippen LogP) is 2.20. The van der Waals surface area contributed by atoms with Crippen molar-refractivity contribution in [1.29, 1.82) is 0 Å². The molecule has 8 heteroatoms. The third-order valence-corrected chi connectivity index (χ3v) is 5.20. The number of nitrogens with zero attached hydrogens (tertiary/aromatic N) is 6. The van der Waals surface area contributed by atoms with Crippen molar-refractivity contribution >= 4 is 22.7 Å². The number of Topliss-reactive ketones (excluding diaryl/α,β-unsaturated/α-hetero) is 1. The molecule has 3 aromatic heterocycles. The Kier molecular flexibility index (Phi) is 5.04. The maximum Gasteiger partial charge on any atom is 0.317 e. The molecule has 0 amide bonds. The Morgan fingerprint density at radius 3 is 2.68 bits per heavy atom. The van der Waals surface area contributed by atoms with Crippen LogP contribution in [0.1, 0.15) is 18.5 Å². The van der Waals surface area contributed by atoms with Crippen LogP contribution in [0.25, 0.3) is 22.4 Å². The van der Waals surface area contributed by atoms with E-state index < -0.39 is 0 Å². The topological polar surface area (TPSA) is 88.3 Å². The molecule has 1 aliphatic heterocycles. The molecule has 28 heavy (non-hydrogen) atoms. The monoisotopic (exact) mass is 380 g/mol. The van der Waals surface area contributed by atoms with Crippen LogP contribution in [0.5, 0.6) is 0 Å². The van der Waals surface area contributed by atoms with Crippen molar-refractivity contribution in [2.75, 3.05) is 39.1 Å². The molecule has 0 radical (unpaired) electrons. The summed E-state index contributed by atoms with van der Waals surface area (Å²) in [5.74, 6) is 0.830. The lowest BCUT2D eigenvalue weighted by Crippen LogP contribution is -2.34. The summed E-state index contributed by atoms with van der Waals surface area (Å²) in [7, 11) is 5.78. The summed E-state index contributed by atoms with van der Waals surface area (Å²) in [4.78, 5) is 25.5.